The molecule has 14 heavy (non-hydrogen) atoms. The molecule has 2 nitrogen and oxygen atoms in total. The summed E-state index contributed by atoms with van der Waals surface area (Å²) in [7, 11) is 0. The molecular formula is C12H20O2. The predicted molar refractivity (Wildman–Crippen MR) is 58.2 cm³/mol. The van der Waals surface area contributed by atoms with Crippen LogP contribution in [0.3, 0.4) is 0 Å². The molecule has 0 aromatic carbocycles. The Kier molecular flexibility index (Phi) is 6.37. The van der Waals surface area contributed by atoms with Gasteiger partial charge in [0.2, 0.25) is 0 Å². The second kappa shape index (κ2) is 7.77. The summed E-state index contributed by atoms with van der Waals surface area (Å²) in [6.07, 6.45) is 14.5. The molecule has 0 aromatic heterocycles. The van der Waals surface area contributed by atoms with Gasteiger partial charge in [-0.3, -0.25) is 0 Å². The zero-order chi connectivity index (χ0) is 10.1. The Balaban J connectivity index is 2.20. The van der Waals surface area contributed by atoms with E-state index in [-0.39, 0.29) is 12.7 Å². The molecule has 1 atom stereocenters. The van der Waals surface area contributed by atoms with Crippen molar-refractivity contribution in [2.75, 3.05) is 13.2 Å². The van der Waals surface area contributed by atoms with Gasteiger partial charge < -0.3 is 9.84 Å². The molecule has 0 saturated heterocycles. The van der Waals surface area contributed by atoms with Gasteiger partial charge in [-0.05, 0) is 19.3 Å². The molecule has 80 valence electrons. The average molecular weight is 196 g/mol. The normalized spacial score (nSPS) is 25.9. The molecule has 0 heterocycles. The van der Waals surface area contributed by atoms with Gasteiger partial charge in [-0.2, -0.15) is 0 Å². The van der Waals surface area contributed by atoms with Crippen molar-refractivity contribution in [1.82, 2.24) is 0 Å². The first-order valence-electron chi connectivity index (χ1n) is 5.47. The van der Waals surface area contributed by atoms with Crippen LogP contribution in [-0.4, -0.2) is 24.4 Å². The molecule has 0 amide bonds. The largest absolute Gasteiger partial charge is 0.392 e. The van der Waals surface area contributed by atoms with Gasteiger partial charge in [0.15, 0.2) is 0 Å². The lowest BCUT2D eigenvalue weighted by Crippen LogP contribution is -2.11. The Morgan fingerprint density at radius 1 is 1.29 bits per heavy atom. The molecule has 0 radical (unpaired) electrons. The van der Waals surface area contributed by atoms with Crippen molar-refractivity contribution < 1.29 is 9.84 Å². The molecule has 1 aliphatic carbocycles. The molecule has 0 fully saturated rings. The van der Waals surface area contributed by atoms with Crippen molar-refractivity contribution in [1.29, 1.82) is 0 Å². The van der Waals surface area contributed by atoms with Crippen molar-refractivity contribution in [3.05, 3.63) is 24.3 Å². The molecule has 0 aromatic rings. The van der Waals surface area contributed by atoms with Crippen LogP contribution in [0.4, 0.5) is 0 Å². The Labute approximate surface area is 86.3 Å². The van der Waals surface area contributed by atoms with Gasteiger partial charge in [0.05, 0.1) is 19.3 Å². The minimum Gasteiger partial charge on any atom is -0.392 e. The molecule has 0 spiro atoms. The lowest BCUT2D eigenvalue weighted by atomic mass is 10.0. The summed E-state index contributed by atoms with van der Waals surface area (Å²) in [5.41, 5.74) is 0. The number of aliphatic hydroxyl groups is 1. The third kappa shape index (κ3) is 5.20. The minimum absolute atomic E-state index is 0.101. The van der Waals surface area contributed by atoms with E-state index in [9.17, 15) is 0 Å². The van der Waals surface area contributed by atoms with Gasteiger partial charge in [-0.1, -0.05) is 37.1 Å². The van der Waals surface area contributed by atoms with Crippen LogP contribution < -0.4 is 0 Å². The molecule has 1 N–H and O–H groups in total. The van der Waals surface area contributed by atoms with Gasteiger partial charge in [0, 0.05) is 0 Å². The zero-order valence-corrected chi connectivity index (χ0v) is 8.69. The highest BCUT2D eigenvalue weighted by atomic mass is 16.5. The molecule has 0 aliphatic heterocycles. The summed E-state index contributed by atoms with van der Waals surface area (Å²) in [4.78, 5) is 0. The lowest BCUT2D eigenvalue weighted by molar-refractivity contribution is 0.0991. The Morgan fingerprint density at radius 3 is 3.07 bits per heavy atom. The monoisotopic (exact) mass is 196 g/mol. The first-order valence-corrected chi connectivity index (χ1v) is 5.47. The fourth-order valence-corrected chi connectivity index (χ4v) is 1.59. The quantitative estimate of drug-likeness (QED) is 0.700. The van der Waals surface area contributed by atoms with Crippen LogP contribution in [0.5, 0.6) is 0 Å². The van der Waals surface area contributed by atoms with E-state index in [1.54, 1.807) is 6.08 Å². The summed E-state index contributed by atoms with van der Waals surface area (Å²) in [6.45, 7) is 0.708. The van der Waals surface area contributed by atoms with Crippen LogP contribution in [0.15, 0.2) is 24.3 Å². The number of ether oxygens (including phenoxy) is 1. The zero-order valence-electron chi connectivity index (χ0n) is 8.69. The highest BCUT2D eigenvalue weighted by Gasteiger charge is 2.05. The standard InChI is InChI=1S/C12H20O2/c13-10-6-7-11-14-12-8-4-2-1-3-5-9-12/h4,6-8,12-13H,1-3,5,9-11H2/b7-6-,8-4-. The molecule has 1 rings (SSSR count). The van der Waals surface area contributed by atoms with E-state index in [4.69, 9.17) is 9.84 Å². The topological polar surface area (TPSA) is 29.5 Å². The van der Waals surface area contributed by atoms with E-state index in [1.165, 1.54) is 25.7 Å². The summed E-state index contributed by atoms with van der Waals surface area (Å²) in [5, 5.41) is 8.53. The van der Waals surface area contributed by atoms with Crippen molar-refractivity contribution in [2.45, 2.75) is 38.2 Å². The minimum atomic E-state index is 0.101. The van der Waals surface area contributed by atoms with Crippen LogP contribution in [0.2, 0.25) is 0 Å². The van der Waals surface area contributed by atoms with Crippen molar-refractivity contribution >= 4 is 0 Å². The third-order valence-corrected chi connectivity index (χ3v) is 2.39. The highest BCUT2D eigenvalue weighted by Crippen LogP contribution is 2.13. The maximum atomic E-state index is 8.53. The van der Waals surface area contributed by atoms with Crippen LogP contribution in [0.1, 0.15) is 32.1 Å². The van der Waals surface area contributed by atoms with Crippen molar-refractivity contribution in [2.24, 2.45) is 0 Å². The summed E-state index contributed by atoms with van der Waals surface area (Å²) in [6, 6.07) is 0. The maximum Gasteiger partial charge on any atom is 0.0760 e. The van der Waals surface area contributed by atoms with Gasteiger partial charge in [0.1, 0.15) is 0 Å². The molecule has 0 bridgehead atoms. The number of hydrogen-bond donors (Lipinski definition) is 1. The van der Waals surface area contributed by atoms with E-state index in [1.807, 2.05) is 6.08 Å². The van der Waals surface area contributed by atoms with Crippen molar-refractivity contribution in [3.63, 3.8) is 0 Å². The number of rotatable bonds is 4. The average Bonchev–Trinajstić information content (AvgIpc) is 2.15. The van der Waals surface area contributed by atoms with Gasteiger partial charge in [0.25, 0.3) is 0 Å². The smallest absolute Gasteiger partial charge is 0.0760 e. The van der Waals surface area contributed by atoms with Crippen LogP contribution in [0, 0.1) is 0 Å². The number of hydrogen-bond acceptors (Lipinski definition) is 2. The molecule has 2 heteroatoms. The van der Waals surface area contributed by atoms with E-state index >= 15 is 0 Å². The van der Waals surface area contributed by atoms with Crippen molar-refractivity contribution in [3.8, 4) is 0 Å². The second-order valence-corrected chi connectivity index (χ2v) is 3.59. The van der Waals surface area contributed by atoms with E-state index in [2.05, 4.69) is 12.2 Å². The SMILES string of the molecule is OC/C=C\COC1/C=C\CCCCC1. The number of aliphatic hydroxyl groups excluding tert-OH is 1. The molecule has 0 saturated carbocycles. The van der Waals surface area contributed by atoms with Crippen LogP contribution in [-0.2, 0) is 4.74 Å². The second-order valence-electron chi connectivity index (χ2n) is 3.59. The number of allylic oxidation sites excluding steroid dienone is 1. The van der Waals surface area contributed by atoms with Crippen LogP contribution >= 0.6 is 0 Å². The first kappa shape index (κ1) is 11.5. The van der Waals surface area contributed by atoms with Gasteiger partial charge >= 0.3 is 0 Å². The van der Waals surface area contributed by atoms with E-state index in [0.717, 1.165) is 6.42 Å². The Bertz CT molecular complexity index is 185. The lowest BCUT2D eigenvalue weighted by Gasteiger charge is -2.14. The molecular weight excluding hydrogens is 176 g/mol. The molecule has 1 aliphatic rings. The Morgan fingerprint density at radius 2 is 2.21 bits per heavy atom. The molecule has 1 unspecified atom stereocenters. The third-order valence-electron chi connectivity index (χ3n) is 2.39. The summed E-state index contributed by atoms with van der Waals surface area (Å²) < 4.78 is 5.64. The highest BCUT2D eigenvalue weighted by molar-refractivity contribution is 4.92. The first-order chi connectivity index (χ1) is 6.93. The van der Waals surface area contributed by atoms with Crippen LogP contribution in [0.25, 0.3) is 0 Å². The summed E-state index contributed by atoms with van der Waals surface area (Å²) >= 11 is 0. The summed E-state index contributed by atoms with van der Waals surface area (Å²) in [5.74, 6) is 0. The fraction of sp³-hybridized carbons (Fsp3) is 0.667. The fourth-order valence-electron chi connectivity index (χ4n) is 1.59. The van der Waals surface area contributed by atoms with Gasteiger partial charge in [-0.25, -0.2) is 0 Å². The maximum absolute atomic E-state index is 8.53. The van der Waals surface area contributed by atoms with E-state index < -0.39 is 0 Å². The predicted octanol–water partition coefficient (Wildman–Crippen LogP) is 2.44. The van der Waals surface area contributed by atoms with Gasteiger partial charge in [-0.15, -0.1) is 0 Å². The van der Waals surface area contributed by atoms with E-state index in [0.29, 0.717) is 6.61 Å². The Hall–Kier alpha value is -0.600.